The first-order chi connectivity index (χ1) is 14.9. The second-order valence-corrected chi connectivity index (χ2v) is 8.98. The molecule has 0 radical (unpaired) electrons. The third kappa shape index (κ3) is 6.14. The zero-order chi connectivity index (χ0) is 22.0. The Hall–Kier alpha value is -1.96. The fourth-order valence-electron chi connectivity index (χ4n) is 4.63. The summed E-state index contributed by atoms with van der Waals surface area (Å²) in [6.45, 7) is 9.74. The average Bonchev–Trinajstić information content (AvgIpc) is 3.16. The summed E-state index contributed by atoms with van der Waals surface area (Å²) < 4.78 is 13.4. The summed E-state index contributed by atoms with van der Waals surface area (Å²) in [5, 5.41) is 3.38. The van der Waals surface area contributed by atoms with E-state index < -0.39 is 0 Å². The maximum Gasteiger partial charge on any atom is 0.231 e. The first-order valence-corrected chi connectivity index (χ1v) is 11.3. The molecule has 1 aromatic heterocycles. The molecular formula is C24H34Cl2FN5O. The van der Waals surface area contributed by atoms with Crippen LogP contribution in [0.25, 0.3) is 0 Å². The van der Waals surface area contributed by atoms with Crippen molar-refractivity contribution in [3.8, 4) is 0 Å². The molecule has 1 saturated heterocycles. The van der Waals surface area contributed by atoms with E-state index in [0.29, 0.717) is 25.6 Å². The zero-order valence-electron chi connectivity index (χ0n) is 19.5. The lowest BCUT2D eigenvalue weighted by Crippen LogP contribution is -2.51. The summed E-state index contributed by atoms with van der Waals surface area (Å²) in [6, 6.07) is 6.58. The van der Waals surface area contributed by atoms with Crippen LogP contribution >= 0.6 is 24.8 Å². The van der Waals surface area contributed by atoms with Crippen molar-refractivity contribution in [2.24, 2.45) is 0 Å². The topological polar surface area (TPSA) is 61.4 Å². The van der Waals surface area contributed by atoms with Gasteiger partial charge in [0.1, 0.15) is 18.0 Å². The highest BCUT2D eigenvalue weighted by Gasteiger charge is 2.32. The summed E-state index contributed by atoms with van der Waals surface area (Å²) >= 11 is 0. The zero-order valence-corrected chi connectivity index (χ0v) is 21.1. The van der Waals surface area contributed by atoms with Gasteiger partial charge in [-0.1, -0.05) is 32.9 Å². The van der Waals surface area contributed by atoms with E-state index in [1.807, 2.05) is 4.90 Å². The lowest BCUT2D eigenvalue weighted by molar-refractivity contribution is -0.133. The van der Waals surface area contributed by atoms with E-state index in [4.69, 9.17) is 0 Å². The molecule has 2 aliphatic rings. The van der Waals surface area contributed by atoms with Crippen LogP contribution in [0.15, 0.2) is 30.6 Å². The molecule has 1 aliphatic heterocycles. The number of halogens is 3. The average molecular weight is 498 g/mol. The van der Waals surface area contributed by atoms with Crippen LogP contribution in [-0.2, 0) is 11.2 Å². The number of hydrogen-bond donors (Lipinski definition) is 1. The van der Waals surface area contributed by atoms with E-state index in [2.05, 4.69) is 41.0 Å². The molecular weight excluding hydrogens is 464 g/mol. The summed E-state index contributed by atoms with van der Waals surface area (Å²) in [5.74, 6) is 1.01. The summed E-state index contributed by atoms with van der Waals surface area (Å²) in [7, 11) is 0. The van der Waals surface area contributed by atoms with E-state index in [-0.39, 0.29) is 48.5 Å². The highest BCUT2D eigenvalue weighted by atomic mass is 35.5. The number of aromatic nitrogens is 2. The monoisotopic (exact) mass is 497 g/mol. The maximum atomic E-state index is 13.4. The van der Waals surface area contributed by atoms with E-state index in [9.17, 15) is 9.18 Å². The number of nitrogens with one attached hydrogen (secondary N) is 1. The van der Waals surface area contributed by atoms with Gasteiger partial charge in [0.25, 0.3) is 0 Å². The molecule has 2 heterocycles. The third-order valence-electron chi connectivity index (χ3n) is 6.44. The summed E-state index contributed by atoms with van der Waals surface area (Å²) in [5.41, 5.74) is 3.31. The molecule has 6 nitrogen and oxygen atoms in total. The predicted molar refractivity (Wildman–Crippen MR) is 134 cm³/mol. The molecule has 9 heteroatoms. The number of fused-ring (bicyclic) bond motifs is 1. The number of carbonyl (C=O) groups excluding carboxylic acids is 1. The van der Waals surface area contributed by atoms with Gasteiger partial charge in [-0.2, -0.15) is 0 Å². The second-order valence-electron chi connectivity index (χ2n) is 8.98. The number of amides is 1. The fourth-order valence-corrected chi connectivity index (χ4v) is 4.63. The van der Waals surface area contributed by atoms with Gasteiger partial charge >= 0.3 is 0 Å². The van der Waals surface area contributed by atoms with Crippen LogP contribution < -0.4 is 10.2 Å². The molecule has 1 N–H and O–H groups in total. The number of hydrogen-bond acceptors (Lipinski definition) is 5. The standard InChI is InChI=1S/C24H32FN5O.2ClH/c1-16(2)26-14-20(18-5-7-19(25)8-6-18)24(31)30-12-10-29(11-13-30)23-22-17(3)4-9-21(22)27-15-28-23;;/h5-8,15-17,20,26H,4,9-14H2,1-3H3;2*1H/t17-,20+;;/m1../s1. The summed E-state index contributed by atoms with van der Waals surface area (Å²) in [4.78, 5) is 26.7. The summed E-state index contributed by atoms with van der Waals surface area (Å²) in [6.07, 6.45) is 3.82. The third-order valence-corrected chi connectivity index (χ3v) is 6.44. The van der Waals surface area contributed by atoms with Gasteiger partial charge in [-0.3, -0.25) is 4.79 Å². The van der Waals surface area contributed by atoms with Crippen LogP contribution in [0.3, 0.4) is 0 Å². The smallest absolute Gasteiger partial charge is 0.231 e. The molecule has 33 heavy (non-hydrogen) atoms. The lowest BCUT2D eigenvalue weighted by Gasteiger charge is -2.38. The number of benzene rings is 1. The minimum absolute atomic E-state index is 0. The molecule has 2 atom stereocenters. The Bertz CT molecular complexity index is 920. The van der Waals surface area contributed by atoms with Crippen molar-refractivity contribution in [3.05, 3.63) is 53.2 Å². The number of anilines is 1. The van der Waals surface area contributed by atoms with E-state index >= 15 is 0 Å². The maximum absolute atomic E-state index is 13.4. The molecule has 182 valence electrons. The quantitative estimate of drug-likeness (QED) is 0.654. The van der Waals surface area contributed by atoms with Crippen LogP contribution in [0.1, 0.15) is 55.8 Å². The molecule has 0 unspecified atom stereocenters. The molecule has 0 spiro atoms. The van der Waals surface area contributed by atoms with Crippen LogP contribution in [0.4, 0.5) is 10.2 Å². The minimum Gasteiger partial charge on any atom is -0.353 e. The SMILES string of the molecule is CC(C)NC[C@H](C(=O)N1CCN(c2ncnc3c2[C@H](C)CC3)CC1)c1ccc(F)cc1.Cl.Cl. The number of carbonyl (C=O) groups is 1. The van der Waals surface area contributed by atoms with Crippen molar-refractivity contribution in [2.45, 2.75) is 51.5 Å². The number of rotatable bonds is 6. The Morgan fingerprint density at radius 1 is 1.12 bits per heavy atom. The molecule has 1 fully saturated rings. The Morgan fingerprint density at radius 2 is 1.79 bits per heavy atom. The predicted octanol–water partition coefficient (Wildman–Crippen LogP) is 3.94. The van der Waals surface area contributed by atoms with Gasteiger partial charge in [-0.05, 0) is 36.5 Å². The highest BCUT2D eigenvalue weighted by Crippen LogP contribution is 2.37. The Kier molecular flexibility index (Phi) is 9.88. The molecule has 1 amide bonds. The fraction of sp³-hybridized carbons (Fsp3) is 0.542. The molecule has 4 rings (SSSR count). The van der Waals surface area contributed by atoms with Crippen molar-refractivity contribution in [1.82, 2.24) is 20.2 Å². The van der Waals surface area contributed by atoms with Crippen molar-refractivity contribution < 1.29 is 9.18 Å². The minimum atomic E-state index is -0.321. The van der Waals surface area contributed by atoms with Gasteiger partial charge in [0, 0.05) is 50.0 Å². The van der Waals surface area contributed by atoms with Gasteiger partial charge in [0.15, 0.2) is 0 Å². The Morgan fingerprint density at radius 3 is 2.42 bits per heavy atom. The first-order valence-electron chi connectivity index (χ1n) is 11.3. The second kappa shape index (κ2) is 12.0. The van der Waals surface area contributed by atoms with Crippen LogP contribution in [0.2, 0.25) is 0 Å². The number of nitrogens with zero attached hydrogens (tertiary/aromatic N) is 4. The Balaban J connectivity index is 0.00000193. The molecule has 1 aromatic carbocycles. The van der Waals surface area contributed by atoms with Crippen molar-refractivity contribution in [1.29, 1.82) is 0 Å². The van der Waals surface area contributed by atoms with Gasteiger partial charge in [0.2, 0.25) is 5.91 Å². The first kappa shape index (κ1) is 27.3. The van der Waals surface area contributed by atoms with Gasteiger partial charge < -0.3 is 15.1 Å². The van der Waals surface area contributed by atoms with Crippen LogP contribution in [-0.4, -0.2) is 59.5 Å². The number of aryl methyl sites for hydroxylation is 1. The van der Waals surface area contributed by atoms with E-state index in [0.717, 1.165) is 37.3 Å². The largest absolute Gasteiger partial charge is 0.353 e. The normalized spacial score (nSPS) is 18.4. The Labute approximate surface area is 208 Å². The van der Waals surface area contributed by atoms with Crippen molar-refractivity contribution in [2.75, 3.05) is 37.6 Å². The number of piperazine rings is 1. The van der Waals surface area contributed by atoms with Crippen LogP contribution in [0, 0.1) is 5.82 Å². The molecule has 2 aromatic rings. The van der Waals surface area contributed by atoms with Gasteiger partial charge in [0.05, 0.1) is 5.92 Å². The molecule has 0 bridgehead atoms. The molecule has 1 aliphatic carbocycles. The van der Waals surface area contributed by atoms with E-state index in [1.165, 1.54) is 23.4 Å². The van der Waals surface area contributed by atoms with Gasteiger partial charge in [-0.15, -0.1) is 24.8 Å². The van der Waals surface area contributed by atoms with Crippen molar-refractivity contribution >= 4 is 36.5 Å². The van der Waals surface area contributed by atoms with Gasteiger partial charge in [-0.25, -0.2) is 14.4 Å². The van der Waals surface area contributed by atoms with E-state index in [1.54, 1.807) is 18.5 Å². The van der Waals surface area contributed by atoms with Crippen molar-refractivity contribution in [3.63, 3.8) is 0 Å². The van der Waals surface area contributed by atoms with Crippen LogP contribution in [0.5, 0.6) is 0 Å². The highest BCUT2D eigenvalue weighted by molar-refractivity contribution is 5.86. The lowest BCUT2D eigenvalue weighted by atomic mass is 9.96. The molecule has 0 saturated carbocycles.